The Morgan fingerprint density at radius 2 is 2.00 bits per heavy atom. The van der Waals surface area contributed by atoms with Gasteiger partial charge in [0.05, 0.1) is 24.7 Å². The molecular weight excluding hydrogens is 342 g/mol. The van der Waals surface area contributed by atoms with Crippen molar-refractivity contribution in [3.8, 4) is 11.3 Å². The van der Waals surface area contributed by atoms with Crippen LogP contribution in [-0.2, 0) is 19.1 Å². The summed E-state index contributed by atoms with van der Waals surface area (Å²) in [6, 6.07) is 9.36. The molecule has 0 unspecified atom stereocenters. The molecule has 0 N–H and O–H groups in total. The van der Waals surface area contributed by atoms with Crippen LogP contribution in [0.5, 0.6) is 0 Å². The Kier molecular flexibility index (Phi) is 5.50. The van der Waals surface area contributed by atoms with E-state index in [1.54, 1.807) is 10.9 Å². The molecule has 2 heterocycles. The Morgan fingerprint density at radius 3 is 2.68 bits per heavy atom. The number of esters is 1. The average molecular weight is 361 g/mol. The number of aromatic nitrogens is 3. The molecule has 3 rings (SSSR count). The van der Waals surface area contributed by atoms with Crippen molar-refractivity contribution in [3.05, 3.63) is 36.5 Å². The maximum absolute atomic E-state index is 11.5. The smallest absolute Gasteiger partial charge is 0.303 e. The lowest BCUT2D eigenvalue weighted by atomic mass is 10.1. The van der Waals surface area contributed by atoms with Gasteiger partial charge in [0, 0.05) is 19.4 Å². The molecule has 0 bridgehead atoms. The second-order valence-corrected chi connectivity index (χ2v) is 7.19. The molecule has 0 saturated carbocycles. The van der Waals surface area contributed by atoms with Gasteiger partial charge in [0.25, 0.3) is 0 Å². The second kappa shape index (κ2) is 7.79. The zero-order chi connectivity index (χ0) is 17.8. The highest BCUT2D eigenvalue weighted by Crippen LogP contribution is 2.31. The van der Waals surface area contributed by atoms with E-state index in [-0.39, 0.29) is 16.4 Å². The molecular formula is C17H19N3O4S. The predicted molar refractivity (Wildman–Crippen MR) is 92.9 cm³/mol. The van der Waals surface area contributed by atoms with Crippen molar-refractivity contribution in [3.63, 3.8) is 0 Å². The van der Waals surface area contributed by atoms with E-state index < -0.39 is 12.1 Å². The number of benzene rings is 1. The molecule has 3 atom stereocenters. The Balaban J connectivity index is 1.86. The first-order chi connectivity index (χ1) is 12.0. The van der Waals surface area contributed by atoms with Crippen molar-refractivity contribution >= 4 is 22.8 Å². The summed E-state index contributed by atoms with van der Waals surface area (Å²) in [6.07, 6.45) is 1.30. The molecule has 1 aliphatic heterocycles. The molecule has 1 aromatic heterocycles. The zero-order valence-electron chi connectivity index (χ0n) is 14.0. The van der Waals surface area contributed by atoms with E-state index in [9.17, 15) is 9.59 Å². The first-order valence-electron chi connectivity index (χ1n) is 7.94. The fourth-order valence-electron chi connectivity index (χ4n) is 2.81. The van der Waals surface area contributed by atoms with Crippen molar-refractivity contribution in [2.75, 3.05) is 13.2 Å². The van der Waals surface area contributed by atoms with Gasteiger partial charge in [0.1, 0.15) is 17.8 Å². The summed E-state index contributed by atoms with van der Waals surface area (Å²) in [5.41, 5.74) is 1.67. The zero-order valence-corrected chi connectivity index (χ0v) is 14.8. The predicted octanol–water partition coefficient (Wildman–Crippen LogP) is 2.10. The van der Waals surface area contributed by atoms with Crippen LogP contribution in [0.1, 0.15) is 19.9 Å². The molecule has 1 aliphatic rings. The fraction of sp³-hybridized carbons (Fsp3) is 0.412. The van der Waals surface area contributed by atoms with Gasteiger partial charge in [-0.3, -0.25) is 9.59 Å². The number of thioether (sulfide) groups is 1. The van der Waals surface area contributed by atoms with Crippen LogP contribution in [0.25, 0.3) is 11.3 Å². The fourth-order valence-corrected chi connectivity index (χ4v) is 3.77. The van der Waals surface area contributed by atoms with Gasteiger partial charge < -0.3 is 9.47 Å². The van der Waals surface area contributed by atoms with Gasteiger partial charge in [-0.15, -0.1) is 5.10 Å². The van der Waals surface area contributed by atoms with Crippen molar-refractivity contribution in [2.24, 2.45) is 0 Å². The molecule has 0 spiro atoms. The Hall–Kier alpha value is -2.19. The summed E-state index contributed by atoms with van der Waals surface area (Å²) in [5.74, 6) is -0.394. The molecule has 1 saturated heterocycles. The third-order valence-electron chi connectivity index (χ3n) is 3.86. The quantitative estimate of drug-likeness (QED) is 0.771. The van der Waals surface area contributed by atoms with Gasteiger partial charge in [-0.1, -0.05) is 47.3 Å². The van der Waals surface area contributed by atoms with Crippen LogP contribution >= 0.6 is 11.8 Å². The Bertz CT molecular complexity index is 749. The maximum Gasteiger partial charge on any atom is 0.303 e. The van der Waals surface area contributed by atoms with Crippen LogP contribution in [0.2, 0.25) is 0 Å². The first-order valence-corrected chi connectivity index (χ1v) is 8.82. The van der Waals surface area contributed by atoms with E-state index in [2.05, 4.69) is 10.3 Å². The van der Waals surface area contributed by atoms with Crippen LogP contribution in [0.15, 0.2) is 36.5 Å². The Morgan fingerprint density at radius 1 is 1.24 bits per heavy atom. The van der Waals surface area contributed by atoms with Crippen molar-refractivity contribution < 1.29 is 19.1 Å². The highest BCUT2D eigenvalue weighted by molar-refractivity contribution is 8.14. The highest BCUT2D eigenvalue weighted by Gasteiger charge is 2.39. The lowest BCUT2D eigenvalue weighted by molar-refractivity contribution is -0.154. The Labute approximate surface area is 149 Å². The SMILES string of the molecule is CC(=O)O[C@@H]1[C@@H](SC(C)=O)COC[C@@H]1n1cc(-c2ccccc2)nn1. The van der Waals surface area contributed by atoms with E-state index in [0.29, 0.717) is 13.2 Å². The number of nitrogens with zero attached hydrogens (tertiary/aromatic N) is 3. The van der Waals surface area contributed by atoms with Crippen LogP contribution < -0.4 is 0 Å². The van der Waals surface area contributed by atoms with Crippen molar-refractivity contribution in [2.45, 2.75) is 31.2 Å². The third kappa shape index (κ3) is 4.26. The summed E-state index contributed by atoms with van der Waals surface area (Å²) in [6.45, 7) is 3.53. The number of carbonyl (C=O) groups is 2. The first kappa shape index (κ1) is 17.6. The van der Waals surface area contributed by atoms with Crippen LogP contribution in [0.4, 0.5) is 0 Å². The molecule has 1 aromatic carbocycles. The van der Waals surface area contributed by atoms with E-state index in [0.717, 1.165) is 23.0 Å². The summed E-state index contributed by atoms with van der Waals surface area (Å²) < 4.78 is 12.8. The van der Waals surface area contributed by atoms with Gasteiger partial charge >= 0.3 is 5.97 Å². The minimum absolute atomic E-state index is 0.0463. The minimum atomic E-state index is -0.509. The molecule has 25 heavy (non-hydrogen) atoms. The molecule has 1 fully saturated rings. The van der Waals surface area contributed by atoms with E-state index in [4.69, 9.17) is 9.47 Å². The summed E-state index contributed by atoms with van der Waals surface area (Å²) in [5, 5.41) is 8.07. The third-order valence-corrected chi connectivity index (χ3v) is 4.89. The molecule has 132 valence electrons. The monoisotopic (exact) mass is 361 g/mol. The number of hydrogen-bond acceptors (Lipinski definition) is 7. The number of rotatable bonds is 4. The normalized spacial score (nSPS) is 23.2. The number of hydrogen-bond donors (Lipinski definition) is 0. The minimum Gasteiger partial charge on any atom is -0.459 e. The van der Waals surface area contributed by atoms with Gasteiger partial charge in [0.15, 0.2) is 5.12 Å². The standard InChI is InChI=1S/C17H19N3O4S/c1-11(21)24-17-15(9-23-10-16(17)25-12(2)22)20-8-14(18-19-20)13-6-4-3-5-7-13/h3-8,15-17H,9-10H2,1-2H3/t15-,16-,17-/m0/s1. The molecule has 8 heteroatoms. The number of carbonyl (C=O) groups excluding carboxylic acids is 2. The molecule has 2 aromatic rings. The van der Waals surface area contributed by atoms with Crippen LogP contribution in [0.3, 0.4) is 0 Å². The molecule has 0 aliphatic carbocycles. The largest absolute Gasteiger partial charge is 0.459 e. The maximum atomic E-state index is 11.5. The molecule has 7 nitrogen and oxygen atoms in total. The van der Waals surface area contributed by atoms with Gasteiger partial charge in [-0.25, -0.2) is 4.68 Å². The van der Waals surface area contributed by atoms with Gasteiger partial charge in [0.2, 0.25) is 0 Å². The van der Waals surface area contributed by atoms with Crippen LogP contribution in [0, 0.1) is 0 Å². The lowest BCUT2D eigenvalue weighted by Gasteiger charge is -2.36. The number of ether oxygens (including phenoxy) is 2. The van der Waals surface area contributed by atoms with Crippen molar-refractivity contribution in [1.29, 1.82) is 0 Å². The van der Waals surface area contributed by atoms with E-state index in [1.807, 2.05) is 30.3 Å². The van der Waals surface area contributed by atoms with Crippen LogP contribution in [-0.4, -0.2) is 50.6 Å². The average Bonchev–Trinajstić information content (AvgIpc) is 3.06. The summed E-state index contributed by atoms with van der Waals surface area (Å²) >= 11 is 1.12. The topological polar surface area (TPSA) is 83.3 Å². The van der Waals surface area contributed by atoms with Gasteiger partial charge in [-0.2, -0.15) is 0 Å². The van der Waals surface area contributed by atoms with E-state index in [1.165, 1.54) is 13.8 Å². The molecule has 0 amide bonds. The van der Waals surface area contributed by atoms with E-state index >= 15 is 0 Å². The summed E-state index contributed by atoms with van der Waals surface area (Å²) in [7, 11) is 0. The highest BCUT2D eigenvalue weighted by atomic mass is 32.2. The van der Waals surface area contributed by atoms with Gasteiger partial charge in [-0.05, 0) is 0 Å². The van der Waals surface area contributed by atoms with Crippen molar-refractivity contribution in [1.82, 2.24) is 15.0 Å². The summed E-state index contributed by atoms with van der Waals surface area (Å²) in [4.78, 5) is 23.1. The molecule has 0 radical (unpaired) electrons. The lowest BCUT2D eigenvalue weighted by Crippen LogP contribution is -2.46. The second-order valence-electron chi connectivity index (χ2n) is 5.78.